The number of ether oxygens (including phenoxy) is 4. The summed E-state index contributed by atoms with van der Waals surface area (Å²) in [5.41, 5.74) is 31.6. The fourth-order valence-electron chi connectivity index (χ4n) is 15.7. The van der Waals surface area contributed by atoms with Crippen LogP contribution in [0, 0.1) is 94.4 Å². The molecule has 17 heteroatoms. The molecule has 140 heavy (non-hydrogen) atoms. The normalized spacial score (nSPS) is 11.1. The highest BCUT2D eigenvalue weighted by atomic mass is 35.5. The average Bonchev–Trinajstić information content (AvgIpc) is 1.62. The van der Waals surface area contributed by atoms with Crippen molar-refractivity contribution in [2.24, 2.45) is 7.05 Å². The van der Waals surface area contributed by atoms with Crippen LogP contribution in [0.1, 0.15) is 99.1 Å². The first-order chi connectivity index (χ1) is 67.5. The molecule has 1 aliphatic rings. The molecule has 4 aromatic heterocycles. The minimum atomic E-state index is 0.574. The third-order valence-electron chi connectivity index (χ3n) is 24.6. The Kier molecular flexibility index (Phi) is 44.6. The molecule has 0 fully saturated rings. The van der Waals surface area contributed by atoms with Gasteiger partial charge in [0, 0.05) is 174 Å². The standard InChI is InChI=1S/C16H19NO.C15H13N.C13H11N.C11H16ClN.C11H14N2.C10H14ClN.C10H13N.C10H11N.C9H9NS.C9H12O2.C9H12O/c1-4-18-16-11-9-15(10-12-16)17(3)14-7-5-13(2)6-8-14;1-11-13-9-5-6-10-14(13)16-15(11)12-7-3-2-4-8-12;1-14-12-8-4-2-6-10(12)11-7-3-5-9-13(11)14;1-3-13(9-8-12)11-6-4-10(2)5-7-11;1-10-4-6-11(7-5-10)13(2)9-3-8-12;1-9-3-5-10(6-4-9)12(2)8-7-11;1-8-7-9-5-3-4-6-10(9)11(8)2;1-7-8(2)11-10-6-4-3-5-9(7)10;1-6-3-4-8-9(5-6)11-7(2)10-8;1-7-4-5-8(10-2)6-9(7)11-3;1-7-4-5-9(10-3)6-8(7)2/h5-12H,4H2,1-3H3;2-10,16H,1H3;2-9H,1H3;4-7H,3,8-9H2,1-2H3;4-7H,3,9H2,1-2H3;3-6H,7-8H2,1-2H3;3-6,8H,7H2,1-2H3;3-6,11H,1-2H3;3-5H,1-2H3;4-6H,1-3H3;4-6H,1-3H3. The number of para-hydroxylation sites is 5. The van der Waals surface area contributed by atoms with E-state index < -0.39 is 0 Å². The number of anilines is 6. The van der Waals surface area contributed by atoms with Gasteiger partial charge in [0.1, 0.15) is 23.0 Å². The van der Waals surface area contributed by atoms with Crippen LogP contribution in [-0.4, -0.2) is 120 Å². The van der Waals surface area contributed by atoms with Gasteiger partial charge in [0.15, 0.2) is 0 Å². The van der Waals surface area contributed by atoms with Crippen molar-refractivity contribution >= 4 is 122 Å². The van der Waals surface area contributed by atoms with Crippen molar-refractivity contribution < 1.29 is 18.9 Å². The Morgan fingerprint density at radius 1 is 0.436 bits per heavy atom. The number of hydrogen-bond acceptors (Lipinski definition) is 12. The Hall–Kier alpha value is -13.9. The summed E-state index contributed by atoms with van der Waals surface area (Å²) in [6.45, 7) is 35.8. The summed E-state index contributed by atoms with van der Waals surface area (Å²) in [5.74, 6) is 4.89. The third-order valence-corrected chi connectivity index (χ3v) is 25.9. The summed E-state index contributed by atoms with van der Waals surface area (Å²) in [6.07, 6.45) is 1.77. The van der Waals surface area contributed by atoms with E-state index in [1.54, 1.807) is 32.7 Å². The van der Waals surface area contributed by atoms with Crippen LogP contribution in [0.4, 0.5) is 34.1 Å². The predicted octanol–water partition coefficient (Wildman–Crippen LogP) is 31.8. The first kappa shape index (κ1) is 110. The Balaban J connectivity index is 0.000000173. The maximum Gasteiger partial charge on any atom is 0.125 e. The zero-order valence-electron chi connectivity index (χ0n) is 86.5. The van der Waals surface area contributed by atoms with Gasteiger partial charge in [0.2, 0.25) is 0 Å². The number of nitrogens with zero attached hydrogens (tertiary/aromatic N) is 8. The number of halogens is 2. The quantitative estimate of drug-likeness (QED) is 0.0798. The number of aromatic amines is 2. The Morgan fingerprint density at radius 2 is 0.886 bits per heavy atom. The molecule has 730 valence electrons. The second kappa shape index (κ2) is 56.9. The van der Waals surface area contributed by atoms with Crippen LogP contribution < -0.4 is 43.4 Å². The van der Waals surface area contributed by atoms with Crippen molar-refractivity contribution in [3.63, 3.8) is 0 Å². The van der Waals surface area contributed by atoms with E-state index in [2.05, 4.69) is 433 Å². The summed E-state index contributed by atoms with van der Waals surface area (Å²) < 4.78 is 24.2. The molecule has 14 aromatic carbocycles. The van der Waals surface area contributed by atoms with E-state index in [4.69, 9.17) is 47.4 Å². The lowest BCUT2D eigenvalue weighted by Crippen LogP contribution is -2.24. The van der Waals surface area contributed by atoms with Gasteiger partial charge in [-0.25, -0.2) is 4.98 Å². The number of nitrogens with one attached hydrogen (secondary N) is 2. The average molecular weight is 1930 g/mol. The van der Waals surface area contributed by atoms with Crippen molar-refractivity contribution in [1.29, 1.82) is 5.26 Å². The minimum absolute atomic E-state index is 0.574. The fourth-order valence-corrected chi connectivity index (χ4v) is 17.1. The highest BCUT2D eigenvalue weighted by Crippen LogP contribution is 2.34. The van der Waals surface area contributed by atoms with Gasteiger partial charge >= 0.3 is 0 Å². The molecule has 5 heterocycles. The van der Waals surface area contributed by atoms with E-state index >= 15 is 0 Å². The van der Waals surface area contributed by atoms with Crippen molar-refractivity contribution in [2.45, 2.75) is 123 Å². The van der Waals surface area contributed by atoms with Gasteiger partial charge in [-0.2, -0.15) is 5.26 Å². The van der Waals surface area contributed by atoms with E-state index in [1.165, 1.54) is 156 Å². The maximum atomic E-state index is 8.43. The van der Waals surface area contributed by atoms with Gasteiger partial charge in [0.05, 0.1) is 55.7 Å². The van der Waals surface area contributed by atoms with Crippen LogP contribution in [0.15, 0.2) is 328 Å². The number of benzene rings is 14. The fraction of sp³-hybridized carbons (Fsp3) is 0.268. The van der Waals surface area contributed by atoms with Gasteiger partial charge < -0.3 is 58.0 Å². The number of hydrogen-bond donors (Lipinski definition) is 2. The SMILES string of the molecule is CC1Cc2ccccc2N1C.CCN(CCCl)c1ccc(C)cc1.CCOc1ccc(N(C)c2ccc(C)cc2)cc1.COc1ccc(C)c(C)c1.COc1ccc(C)c(OC)c1.Cc1[nH]c2ccccc2c1C.Cc1c(-c2ccccc2)[nH]c2ccccc12.Cc1ccc(N(C)CCC#N)cc1.Cc1ccc(N(C)CCCl)cc1.Cc1ccc2nc(C)sc2c1.Cn1c2ccccc2c2ccccc21. The Labute approximate surface area is 848 Å². The molecule has 0 aliphatic carbocycles. The van der Waals surface area contributed by atoms with Crippen LogP contribution in [0.5, 0.6) is 23.0 Å². The number of H-pyrrole nitrogens is 2. The van der Waals surface area contributed by atoms with Crippen molar-refractivity contribution in [3.05, 3.63) is 399 Å². The molecule has 1 atom stereocenters. The molecule has 1 aliphatic heterocycles. The molecular weight excluding hydrogens is 1780 g/mol. The molecule has 0 spiro atoms. The van der Waals surface area contributed by atoms with Gasteiger partial charge in [0.25, 0.3) is 0 Å². The van der Waals surface area contributed by atoms with E-state index in [0.29, 0.717) is 30.8 Å². The van der Waals surface area contributed by atoms with Crippen LogP contribution in [0.25, 0.3) is 65.1 Å². The Bertz CT molecular complexity index is 6730. The van der Waals surface area contributed by atoms with E-state index in [0.717, 1.165) is 71.0 Å². The monoisotopic (exact) mass is 1930 g/mol. The molecule has 0 saturated heterocycles. The summed E-state index contributed by atoms with van der Waals surface area (Å²) in [6, 6.07) is 116. The summed E-state index contributed by atoms with van der Waals surface area (Å²) in [4.78, 5) is 22.2. The second-order valence-electron chi connectivity index (χ2n) is 34.9. The van der Waals surface area contributed by atoms with E-state index in [9.17, 15) is 0 Å². The smallest absolute Gasteiger partial charge is 0.125 e. The third kappa shape index (κ3) is 32.9. The predicted molar refractivity (Wildman–Crippen MR) is 607 cm³/mol. The number of thiazole rings is 1. The number of nitriles is 1. The second-order valence-corrected chi connectivity index (χ2v) is 36.9. The van der Waals surface area contributed by atoms with Crippen LogP contribution in [0.2, 0.25) is 0 Å². The maximum absolute atomic E-state index is 8.43. The summed E-state index contributed by atoms with van der Waals surface area (Å²) >= 11 is 13.1. The Morgan fingerprint density at radius 3 is 1.38 bits per heavy atom. The summed E-state index contributed by atoms with van der Waals surface area (Å²) in [7, 11) is 15.4. The molecule has 2 N–H and O–H groups in total. The molecule has 0 amide bonds. The highest BCUT2D eigenvalue weighted by molar-refractivity contribution is 7.18. The van der Waals surface area contributed by atoms with Crippen LogP contribution in [0.3, 0.4) is 0 Å². The van der Waals surface area contributed by atoms with Crippen LogP contribution in [-0.2, 0) is 13.5 Å². The van der Waals surface area contributed by atoms with Crippen molar-refractivity contribution in [1.82, 2.24) is 19.5 Å². The molecular formula is C123H144Cl2N10O4S. The number of aromatic nitrogens is 4. The molecule has 18 aromatic rings. The molecule has 1 unspecified atom stereocenters. The zero-order valence-corrected chi connectivity index (χ0v) is 88.8. The molecule has 14 nitrogen and oxygen atoms in total. The topological polar surface area (TPSA) is 126 Å². The van der Waals surface area contributed by atoms with Gasteiger partial charge in [-0.3, -0.25) is 0 Å². The lowest BCUT2D eigenvalue weighted by Gasteiger charge is -2.21. The number of rotatable bonds is 18. The first-order valence-corrected chi connectivity index (χ1v) is 49.9. The number of likely N-dealkylation sites (N-methyl/N-ethyl adjacent to an activating group) is 1. The van der Waals surface area contributed by atoms with Gasteiger partial charge in [-0.1, -0.05) is 210 Å². The van der Waals surface area contributed by atoms with Crippen molar-refractivity contribution in [2.75, 3.05) is 119 Å². The van der Waals surface area contributed by atoms with Gasteiger partial charge in [-0.05, 0) is 288 Å². The molecule has 0 bridgehead atoms. The number of alkyl halides is 2. The zero-order chi connectivity index (χ0) is 101. The lowest BCUT2D eigenvalue weighted by molar-refractivity contribution is 0.340. The molecule has 19 rings (SSSR count). The number of methoxy groups -OCH3 is 3. The largest absolute Gasteiger partial charge is 0.497 e. The van der Waals surface area contributed by atoms with E-state index in [-0.39, 0.29) is 0 Å². The molecule has 0 saturated carbocycles. The van der Waals surface area contributed by atoms with Crippen LogP contribution >= 0.6 is 34.5 Å². The number of aryl methyl sites for hydroxylation is 13. The first-order valence-electron chi connectivity index (χ1n) is 48.0. The number of fused-ring (bicyclic) bond motifs is 7. The highest BCUT2D eigenvalue weighted by Gasteiger charge is 2.22. The minimum Gasteiger partial charge on any atom is -0.497 e. The van der Waals surface area contributed by atoms with E-state index in [1.807, 2.05) is 83.4 Å². The molecule has 0 radical (unpaired) electrons. The van der Waals surface area contributed by atoms with Gasteiger partial charge in [-0.15, -0.1) is 34.5 Å². The lowest BCUT2D eigenvalue weighted by atomic mass is 10.1. The summed E-state index contributed by atoms with van der Waals surface area (Å²) in [5, 5.41) is 14.9. The van der Waals surface area contributed by atoms with Crippen molar-refractivity contribution in [3.8, 4) is 40.3 Å².